The zero-order valence-corrected chi connectivity index (χ0v) is 22.4. The van der Waals surface area contributed by atoms with E-state index in [1.54, 1.807) is 30.6 Å². The maximum atomic E-state index is 12.8. The molecule has 1 aliphatic heterocycles. The number of aromatic nitrogens is 3. The van der Waals surface area contributed by atoms with Crippen molar-refractivity contribution >= 4 is 34.4 Å². The number of ether oxygens (including phenoxy) is 1. The maximum absolute atomic E-state index is 12.8. The second-order valence-corrected chi connectivity index (χ2v) is 10.1. The first-order valence-corrected chi connectivity index (χ1v) is 13.3. The first-order chi connectivity index (χ1) is 19.1. The molecule has 5 aromatic rings. The highest BCUT2D eigenvalue weighted by Gasteiger charge is 2.26. The molecule has 0 bridgehead atoms. The van der Waals surface area contributed by atoms with Crippen LogP contribution in [0.2, 0.25) is 5.02 Å². The van der Waals surface area contributed by atoms with E-state index in [0.29, 0.717) is 37.0 Å². The minimum absolute atomic E-state index is 0.00309. The Morgan fingerprint density at radius 3 is 2.44 bits per heavy atom. The molecule has 1 fully saturated rings. The molecule has 3 heterocycles. The fraction of sp³-hybridized carbons (Fsp3) is 0.194. The predicted octanol–water partition coefficient (Wildman–Crippen LogP) is 5.78. The Bertz CT molecular complexity index is 1610. The first kappa shape index (κ1) is 24.9. The van der Waals surface area contributed by atoms with E-state index in [1.165, 1.54) is 5.56 Å². The van der Waals surface area contributed by atoms with Crippen LogP contribution >= 0.6 is 11.6 Å². The van der Waals surface area contributed by atoms with E-state index in [4.69, 9.17) is 26.3 Å². The van der Waals surface area contributed by atoms with E-state index in [2.05, 4.69) is 59.0 Å². The van der Waals surface area contributed by atoms with Gasteiger partial charge >= 0.3 is 0 Å². The van der Waals surface area contributed by atoms with Gasteiger partial charge in [0.1, 0.15) is 17.9 Å². The molecule has 39 heavy (non-hydrogen) atoms. The Morgan fingerprint density at radius 2 is 1.69 bits per heavy atom. The Labute approximate surface area is 232 Å². The van der Waals surface area contributed by atoms with Crippen molar-refractivity contribution in [2.45, 2.75) is 6.92 Å². The Balaban J connectivity index is 1.27. The summed E-state index contributed by atoms with van der Waals surface area (Å²) in [5.41, 5.74) is 5.30. The molecule has 0 radical (unpaired) electrons. The summed E-state index contributed by atoms with van der Waals surface area (Å²) in [7, 11) is 0. The van der Waals surface area contributed by atoms with Gasteiger partial charge in [-0.15, -0.1) is 0 Å². The Hall–Kier alpha value is -4.36. The standard InChI is InChI=1S/C31H28ClN5O2/c1-22-6-5-9-25(18-22)37-19-27(23-7-3-2-4-8-23)29-30(33-21-34-31(29)37)36-16-14-35(15-17-36)28(38)20-39-26-12-10-24(32)11-13-26/h2-13,18-19,21H,14-17,20H2,1H3. The van der Waals surface area contributed by atoms with Crippen LogP contribution in [0.15, 0.2) is 91.4 Å². The lowest BCUT2D eigenvalue weighted by Gasteiger charge is -2.35. The largest absolute Gasteiger partial charge is 0.484 e. The monoisotopic (exact) mass is 537 g/mol. The number of benzene rings is 3. The number of hydrogen-bond donors (Lipinski definition) is 0. The molecule has 8 heteroatoms. The van der Waals surface area contributed by atoms with Crippen LogP contribution < -0.4 is 9.64 Å². The number of piperazine rings is 1. The molecule has 0 saturated carbocycles. The van der Waals surface area contributed by atoms with Crippen LogP contribution in [0.4, 0.5) is 5.82 Å². The number of anilines is 1. The van der Waals surface area contributed by atoms with E-state index in [0.717, 1.165) is 33.7 Å². The third-order valence-corrected chi connectivity index (χ3v) is 7.29. The topological polar surface area (TPSA) is 63.5 Å². The normalized spacial score (nSPS) is 13.6. The molecule has 1 saturated heterocycles. The molecule has 7 nitrogen and oxygen atoms in total. The maximum Gasteiger partial charge on any atom is 0.260 e. The number of fused-ring (bicyclic) bond motifs is 1. The summed E-state index contributed by atoms with van der Waals surface area (Å²) in [6.07, 6.45) is 3.79. The van der Waals surface area contributed by atoms with Crippen molar-refractivity contribution in [3.05, 3.63) is 102 Å². The second-order valence-electron chi connectivity index (χ2n) is 9.62. The average molecular weight is 538 g/mol. The van der Waals surface area contributed by atoms with Crippen molar-refractivity contribution < 1.29 is 9.53 Å². The lowest BCUT2D eigenvalue weighted by molar-refractivity contribution is -0.133. The smallest absolute Gasteiger partial charge is 0.260 e. The number of amides is 1. The Kier molecular flexibility index (Phi) is 6.90. The molecule has 3 aromatic carbocycles. The number of hydrogen-bond acceptors (Lipinski definition) is 5. The van der Waals surface area contributed by atoms with Crippen LogP contribution in [0.5, 0.6) is 5.75 Å². The van der Waals surface area contributed by atoms with Crippen LogP contribution in [0.25, 0.3) is 27.8 Å². The van der Waals surface area contributed by atoms with Gasteiger partial charge in [0.05, 0.1) is 5.39 Å². The molecule has 0 aliphatic carbocycles. The summed E-state index contributed by atoms with van der Waals surface area (Å²) >= 11 is 5.93. The first-order valence-electron chi connectivity index (χ1n) is 13.0. The highest BCUT2D eigenvalue weighted by molar-refractivity contribution is 6.30. The van der Waals surface area contributed by atoms with E-state index in [-0.39, 0.29) is 12.5 Å². The van der Waals surface area contributed by atoms with Crippen molar-refractivity contribution in [2.24, 2.45) is 0 Å². The average Bonchev–Trinajstić information content (AvgIpc) is 3.37. The van der Waals surface area contributed by atoms with E-state index in [1.807, 2.05) is 23.1 Å². The van der Waals surface area contributed by atoms with Crippen molar-refractivity contribution in [1.29, 1.82) is 0 Å². The predicted molar refractivity (Wildman–Crippen MR) is 155 cm³/mol. The Morgan fingerprint density at radius 1 is 0.923 bits per heavy atom. The number of rotatable bonds is 6. The molecular weight excluding hydrogens is 510 g/mol. The van der Waals surface area contributed by atoms with Gasteiger partial charge in [-0.05, 0) is 54.4 Å². The fourth-order valence-electron chi connectivity index (χ4n) is 5.03. The van der Waals surface area contributed by atoms with Gasteiger partial charge in [-0.2, -0.15) is 0 Å². The van der Waals surface area contributed by atoms with Crippen LogP contribution in [0, 0.1) is 6.92 Å². The molecule has 1 amide bonds. The third kappa shape index (κ3) is 5.18. The fourth-order valence-corrected chi connectivity index (χ4v) is 5.16. The van der Waals surface area contributed by atoms with Crippen molar-refractivity contribution in [3.63, 3.8) is 0 Å². The van der Waals surface area contributed by atoms with Gasteiger partial charge in [-0.3, -0.25) is 4.79 Å². The lowest BCUT2D eigenvalue weighted by Crippen LogP contribution is -2.50. The van der Waals surface area contributed by atoms with Crippen molar-refractivity contribution in [3.8, 4) is 22.6 Å². The number of carbonyl (C=O) groups excluding carboxylic acids is 1. The number of halogens is 1. The number of carbonyl (C=O) groups is 1. The van der Waals surface area contributed by atoms with E-state index in [9.17, 15) is 4.79 Å². The van der Waals surface area contributed by atoms with Crippen LogP contribution in [0.1, 0.15) is 5.56 Å². The number of aryl methyl sites for hydroxylation is 1. The molecule has 2 aromatic heterocycles. The van der Waals surface area contributed by atoms with Gasteiger partial charge in [0.15, 0.2) is 12.3 Å². The van der Waals surface area contributed by atoms with Crippen molar-refractivity contribution in [1.82, 2.24) is 19.4 Å². The summed E-state index contributed by atoms with van der Waals surface area (Å²) < 4.78 is 7.82. The zero-order chi connectivity index (χ0) is 26.8. The minimum atomic E-state index is -0.0343. The summed E-state index contributed by atoms with van der Waals surface area (Å²) in [4.78, 5) is 26.4. The zero-order valence-electron chi connectivity index (χ0n) is 21.6. The molecule has 0 spiro atoms. The number of nitrogens with zero attached hydrogens (tertiary/aromatic N) is 5. The van der Waals surface area contributed by atoms with Gasteiger partial charge in [-0.25, -0.2) is 9.97 Å². The second kappa shape index (κ2) is 10.8. The van der Waals surface area contributed by atoms with Gasteiger partial charge in [0.25, 0.3) is 5.91 Å². The third-order valence-electron chi connectivity index (χ3n) is 7.04. The van der Waals surface area contributed by atoms with Crippen LogP contribution in [-0.4, -0.2) is 58.1 Å². The van der Waals surface area contributed by atoms with Gasteiger partial charge in [0.2, 0.25) is 0 Å². The van der Waals surface area contributed by atoms with E-state index < -0.39 is 0 Å². The SMILES string of the molecule is Cc1cccc(-n2cc(-c3ccccc3)c3c(N4CCN(C(=O)COc5ccc(Cl)cc5)CC4)ncnc32)c1. The molecule has 1 aliphatic rings. The highest BCUT2D eigenvalue weighted by Crippen LogP contribution is 2.37. The minimum Gasteiger partial charge on any atom is -0.484 e. The summed E-state index contributed by atoms with van der Waals surface area (Å²) in [6.45, 7) is 4.61. The van der Waals surface area contributed by atoms with Gasteiger partial charge in [-0.1, -0.05) is 54.1 Å². The molecular formula is C31H28ClN5O2. The molecule has 0 unspecified atom stereocenters. The van der Waals surface area contributed by atoms with Crippen LogP contribution in [0.3, 0.4) is 0 Å². The summed E-state index contributed by atoms with van der Waals surface area (Å²) in [5.74, 6) is 1.48. The molecule has 6 rings (SSSR count). The van der Waals surface area contributed by atoms with Crippen molar-refractivity contribution in [2.75, 3.05) is 37.7 Å². The van der Waals surface area contributed by atoms with Gasteiger partial charge < -0.3 is 19.1 Å². The van der Waals surface area contributed by atoms with Gasteiger partial charge in [0, 0.05) is 48.6 Å². The van der Waals surface area contributed by atoms with E-state index >= 15 is 0 Å². The summed E-state index contributed by atoms with van der Waals surface area (Å²) in [5, 5.41) is 1.64. The summed E-state index contributed by atoms with van der Waals surface area (Å²) in [6, 6.07) is 25.8. The molecule has 0 N–H and O–H groups in total. The molecule has 0 atom stereocenters. The van der Waals surface area contributed by atoms with Crippen LogP contribution in [-0.2, 0) is 4.79 Å². The highest BCUT2D eigenvalue weighted by atomic mass is 35.5. The lowest BCUT2D eigenvalue weighted by atomic mass is 10.1. The quantitative estimate of drug-likeness (QED) is 0.275. The molecule has 196 valence electrons.